The quantitative estimate of drug-likeness (QED) is 0.878. The normalized spacial score (nSPS) is 23.1. The van der Waals surface area contributed by atoms with Crippen LogP contribution in [0.5, 0.6) is 0 Å². The van der Waals surface area contributed by atoms with Gasteiger partial charge < -0.3 is 14.7 Å². The molecule has 1 saturated heterocycles. The molecule has 1 spiro atoms. The predicted octanol–water partition coefficient (Wildman–Crippen LogP) is 2.68. The number of rotatable bonds is 3. The minimum Gasteiger partial charge on any atom is -0.437 e. The van der Waals surface area contributed by atoms with Gasteiger partial charge in [0.2, 0.25) is 5.91 Å². The highest BCUT2D eigenvalue weighted by Gasteiger charge is 2.52. The summed E-state index contributed by atoms with van der Waals surface area (Å²) >= 11 is 0. The van der Waals surface area contributed by atoms with Crippen LogP contribution in [0.4, 0.5) is 5.69 Å². The van der Waals surface area contributed by atoms with Crippen molar-refractivity contribution in [1.29, 1.82) is 0 Å². The number of hydrogen-bond donors (Lipinski definition) is 1. The van der Waals surface area contributed by atoms with E-state index in [0.29, 0.717) is 13.1 Å². The van der Waals surface area contributed by atoms with Crippen LogP contribution >= 0.6 is 0 Å². The molecule has 0 radical (unpaired) electrons. The van der Waals surface area contributed by atoms with Crippen molar-refractivity contribution in [1.82, 2.24) is 4.81 Å². The molecule has 2 aromatic carbocycles. The summed E-state index contributed by atoms with van der Waals surface area (Å²) in [4.78, 5) is 17.5. The number of amides is 1. The van der Waals surface area contributed by atoms with E-state index in [-0.39, 0.29) is 5.91 Å². The highest BCUT2D eigenvalue weighted by Crippen LogP contribution is 2.47. The van der Waals surface area contributed by atoms with Crippen molar-refractivity contribution in [2.45, 2.75) is 31.6 Å². The van der Waals surface area contributed by atoms with E-state index in [0.717, 1.165) is 36.2 Å². The Morgan fingerprint density at radius 3 is 2.60 bits per heavy atom. The summed E-state index contributed by atoms with van der Waals surface area (Å²) in [6, 6.07) is 18.3. The maximum absolute atomic E-state index is 13.5. The number of piperidine rings is 1. The lowest BCUT2D eigenvalue weighted by Crippen LogP contribution is -2.55. The van der Waals surface area contributed by atoms with Crippen molar-refractivity contribution in [2.24, 2.45) is 0 Å². The molecule has 0 aliphatic carbocycles. The lowest BCUT2D eigenvalue weighted by molar-refractivity contribution is -0.124. The third-order valence-corrected chi connectivity index (χ3v) is 5.60. The molecule has 25 heavy (non-hydrogen) atoms. The molecule has 1 unspecified atom stereocenters. The number of hydrogen-bond acceptors (Lipinski definition) is 3. The van der Waals surface area contributed by atoms with Crippen LogP contribution in [-0.2, 0) is 16.8 Å². The lowest BCUT2D eigenvalue weighted by atomic mass is 9.70. The van der Waals surface area contributed by atoms with E-state index < -0.39 is 12.5 Å². The van der Waals surface area contributed by atoms with E-state index >= 15 is 0 Å². The minimum absolute atomic E-state index is 0.169. The van der Waals surface area contributed by atoms with E-state index in [1.807, 2.05) is 46.1 Å². The van der Waals surface area contributed by atoms with Gasteiger partial charge >= 0.3 is 7.05 Å². The Hall–Kier alpha value is -2.11. The van der Waals surface area contributed by atoms with Gasteiger partial charge in [-0.2, -0.15) is 0 Å². The summed E-state index contributed by atoms with van der Waals surface area (Å²) in [7, 11) is -0.527. The number of carbonyl (C=O) groups excluding carboxylic acids is 1. The Morgan fingerprint density at radius 2 is 1.84 bits per heavy atom. The first kappa shape index (κ1) is 16.4. The van der Waals surface area contributed by atoms with Gasteiger partial charge in [-0.1, -0.05) is 48.5 Å². The number of benzene rings is 2. The average Bonchev–Trinajstić information content (AvgIpc) is 2.86. The molecule has 2 heterocycles. The van der Waals surface area contributed by atoms with Gasteiger partial charge in [-0.3, -0.25) is 4.79 Å². The molecule has 2 aliphatic rings. The maximum Gasteiger partial charge on any atom is 0.376 e. The van der Waals surface area contributed by atoms with Gasteiger partial charge in [0.25, 0.3) is 0 Å². The predicted molar refractivity (Wildman–Crippen MR) is 100 cm³/mol. The van der Waals surface area contributed by atoms with Crippen molar-refractivity contribution in [3.8, 4) is 0 Å². The lowest BCUT2D eigenvalue weighted by Gasteiger charge is -2.40. The fraction of sp³-hybridized carbons (Fsp3) is 0.350. The maximum atomic E-state index is 13.5. The molecule has 2 aromatic rings. The van der Waals surface area contributed by atoms with Crippen molar-refractivity contribution < 1.29 is 9.82 Å². The van der Waals surface area contributed by atoms with Crippen LogP contribution < -0.4 is 4.90 Å². The Balaban J connectivity index is 1.73. The first-order valence-electron chi connectivity index (χ1n) is 8.99. The molecule has 0 saturated carbocycles. The number of anilines is 1. The SMILES string of the molecule is CB(O)N1CCCC2(C1)C(=O)N(Cc1ccccc1)c1ccccc12. The largest absolute Gasteiger partial charge is 0.437 e. The topological polar surface area (TPSA) is 43.8 Å². The Kier molecular flexibility index (Phi) is 4.14. The van der Waals surface area contributed by atoms with Gasteiger partial charge in [0, 0.05) is 12.2 Å². The van der Waals surface area contributed by atoms with Crippen LogP contribution in [0.25, 0.3) is 0 Å². The molecule has 0 aromatic heterocycles. The van der Waals surface area contributed by atoms with Crippen molar-refractivity contribution in [3.63, 3.8) is 0 Å². The Bertz CT molecular complexity index is 780. The van der Waals surface area contributed by atoms with Gasteiger partial charge in [-0.15, -0.1) is 0 Å². The summed E-state index contributed by atoms with van der Waals surface area (Å²) < 4.78 is 0. The van der Waals surface area contributed by atoms with Crippen LogP contribution in [0.2, 0.25) is 6.82 Å². The van der Waals surface area contributed by atoms with E-state index in [4.69, 9.17) is 0 Å². The number of carbonyl (C=O) groups is 1. The van der Waals surface area contributed by atoms with Crippen LogP contribution in [0.3, 0.4) is 0 Å². The molecule has 1 N–H and O–H groups in total. The fourth-order valence-electron chi connectivity index (χ4n) is 4.32. The van der Waals surface area contributed by atoms with Crippen molar-refractivity contribution in [2.75, 3.05) is 18.0 Å². The Labute approximate surface area is 149 Å². The smallest absolute Gasteiger partial charge is 0.376 e. The van der Waals surface area contributed by atoms with E-state index in [1.54, 1.807) is 6.82 Å². The van der Waals surface area contributed by atoms with E-state index in [2.05, 4.69) is 18.2 Å². The first-order chi connectivity index (χ1) is 12.1. The van der Waals surface area contributed by atoms with E-state index in [1.165, 1.54) is 0 Å². The molecule has 0 bridgehead atoms. The minimum atomic E-state index is -0.527. The fourth-order valence-corrected chi connectivity index (χ4v) is 4.32. The molecule has 1 atom stereocenters. The highest BCUT2D eigenvalue weighted by atomic mass is 16.2. The van der Waals surface area contributed by atoms with E-state index in [9.17, 15) is 9.82 Å². The zero-order valence-electron chi connectivity index (χ0n) is 14.6. The highest BCUT2D eigenvalue weighted by molar-refractivity contribution is 6.45. The second-order valence-corrected chi connectivity index (χ2v) is 7.18. The number of nitrogens with zero attached hydrogens (tertiary/aromatic N) is 2. The molecule has 1 amide bonds. The third kappa shape index (κ3) is 2.68. The summed E-state index contributed by atoms with van der Waals surface area (Å²) in [5, 5.41) is 10.1. The summed E-state index contributed by atoms with van der Waals surface area (Å²) in [5.41, 5.74) is 2.73. The summed E-state index contributed by atoms with van der Waals surface area (Å²) in [6.45, 7) is 3.80. The number of para-hydroxylation sites is 1. The zero-order valence-corrected chi connectivity index (χ0v) is 14.6. The second kappa shape index (κ2) is 6.32. The monoisotopic (exact) mass is 334 g/mol. The zero-order chi connectivity index (χ0) is 17.4. The second-order valence-electron chi connectivity index (χ2n) is 7.18. The molecule has 4 rings (SSSR count). The molecule has 5 heteroatoms. The van der Waals surface area contributed by atoms with Gasteiger partial charge in [0.1, 0.15) is 0 Å². The molecule has 4 nitrogen and oxygen atoms in total. The van der Waals surface area contributed by atoms with Gasteiger partial charge in [-0.25, -0.2) is 0 Å². The Morgan fingerprint density at radius 1 is 1.12 bits per heavy atom. The molecular weight excluding hydrogens is 311 g/mol. The summed E-state index contributed by atoms with van der Waals surface area (Å²) in [6.07, 6.45) is 1.77. The molecule has 1 fully saturated rings. The van der Waals surface area contributed by atoms with Crippen LogP contribution in [0.15, 0.2) is 54.6 Å². The van der Waals surface area contributed by atoms with Crippen LogP contribution in [-0.4, -0.2) is 35.9 Å². The summed E-state index contributed by atoms with van der Waals surface area (Å²) in [5.74, 6) is 0.169. The van der Waals surface area contributed by atoms with Gasteiger partial charge in [0.05, 0.1) is 12.0 Å². The third-order valence-electron chi connectivity index (χ3n) is 5.60. The van der Waals surface area contributed by atoms with Crippen LogP contribution in [0.1, 0.15) is 24.0 Å². The average molecular weight is 334 g/mol. The standard InChI is InChI=1S/C20H23BN2O2/c1-21(25)22-13-7-12-20(15-22)17-10-5-6-11-18(17)23(19(20)24)14-16-8-3-2-4-9-16/h2-6,8-11,25H,7,12-15H2,1H3. The van der Waals surface area contributed by atoms with Crippen LogP contribution in [0, 0.1) is 0 Å². The van der Waals surface area contributed by atoms with Crippen molar-refractivity contribution >= 4 is 18.6 Å². The number of fused-ring (bicyclic) bond motifs is 2. The van der Waals surface area contributed by atoms with Gasteiger partial charge in [0.15, 0.2) is 0 Å². The molecule has 2 aliphatic heterocycles. The first-order valence-corrected chi connectivity index (χ1v) is 8.99. The van der Waals surface area contributed by atoms with Crippen molar-refractivity contribution in [3.05, 3.63) is 65.7 Å². The molecular formula is C20H23BN2O2. The van der Waals surface area contributed by atoms with Gasteiger partial charge in [-0.05, 0) is 43.4 Å². The molecule has 128 valence electrons.